The second kappa shape index (κ2) is 7.49. The van der Waals surface area contributed by atoms with Gasteiger partial charge >= 0.3 is 6.18 Å². The molecule has 3 rings (SSSR count). The van der Waals surface area contributed by atoms with Crippen LogP contribution in [0.15, 0.2) is 38.5 Å². The number of amides is 1. The summed E-state index contributed by atoms with van der Waals surface area (Å²) in [5, 5.41) is 0. The van der Waals surface area contributed by atoms with E-state index in [2.05, 4.69) is 20.9 Å². The van der Waals surface area contributed by atoms with Gasteiger partial charge in [0, 0.05) is 32.4 Å². The number of pyridine rings is 1. The van der Waals surface area contributed by atoms with Crippen LogP contribution in [-0.2, 0) is 16.2 Å². The predicted molar refractivity (Wildman–Crippen MR) is 95.9 cm³/mol. The predicted octanol–water partition coefficient (Wildman–Crippen LogP) is 3.07. The molecule has 0 aliphatic carbocycles. The van der Waals surface area contributed by atoms with Gasteiger partial charge in [0.05, 0.1) is 9.35 Å². The summed E-state index contributed by atoms with van der Waals surface area (Å²) in [4.78, 5) is 17.1. The number of piperazine rings is 1. The third kappa shape index (κ3) is 4.33. The Kier molecular flexibility index (Phi) is 5.62. The number of sulfonamides is 1. The van der Waals surface area contributed by atoms with Gasteiger partial charge in [-0.1, -0.05) is 0 Å². The molecule has 0 saturated carbocycles. The summed E-state index contributed by atoms with van der Waals surface area (Å²) in [5.74, 6) is -0.479. The molecule has 6 nitrogen and oxygen atoms in total. The van der Waals surface area contributed by atoms with Gasteiger partial charge in [0.25, 0.3) is 15.9 Å². The molecule has 0 unspecified atom stereocenters. The molecule has 2 aromatic heterocycles. The topological polar surface area (TPSA) is 70.6 Å². The first-order valence-corrected chi connectivity index (χ1v) is 10.7. The number of carbonyl (C=O) groups is 1. The lowest BCUT2D eigenvalue weighted by molar-refractivity contribution is -0.141. The van der Waals surface area contributed by atoms with Gasteiger partial charge < -0.3 is 4.90 Å². The number of hydrogen-bond donors (Lipinski definition) is 0. The van der Waals surface area contributed by atoms with Crippen LogP contribution in [0, 0.1) is 0 Å². The highest BCUT2D eigenvalue weighted by Crippen LogP contribution is 2.29. The molecular formula is C15H13BrF3N3O3S2. The molecule has 1 aliphatic heterocycles. The van der Waals surface area contributed by atoms with E-state index in [0.29, 0.717) is 3.79 Å². The van der Waals surface area contributed by atoms with Crippen molar-refractivity contribution in [1.29, 1.82) is 0 Å². The molecule has 0 radical (unpaired) electrons. The Morgan fingerprint density at radius 3 is 2.26 bits per heavy atom. The minimum atomic E-state index is -4.57. The summed E-state index contributed by atoms with van der Waals surface area (Å²) >= 11 is 4.33. The van der Waals surface area contributed by atoms with E-state index in [1.54, 1.807) is 6.07 Å². The summed E-state index contributed by atoms with van der Waals surface area (Å²) in [7, 11) is -3.63. The second-order valence-electron chi connectivity index (χ2n) is 5.68. The number of halogens is 4. The summed E-state index contributed by atoms with van der Waals surface area (Å²) in [5.41, 5.74) is -1.04. The van der Waals surface area contributed by atoms with Crippen LogP contribution in [0.4, 0.5) is 13.2 Å². The van der Waals surface area contributed by atoms with Crippen molar-refractivity contribution < 1.29 is 26.4 Å². The molecule has 3 heterocycles. The number of aromatic nitrogens is 1. The van der Waals surface area contributed by atoms with Crippen LogP contribution in [0.25, 0.3) is 0 Å². The van der Waals surface area contributed by atoms with Crippen LogP contribution in [0.5, 0.6) is 0 Å². The minimum absolute atomic E-state index is 0.0292. The highest BCUT2D eigenvalue weighted by Gasteiger charge is 2.34. The number of rotatable bonds is 3. The first-order valence-electron chi connectivity index (χ1n) is 7.67. The monoisotopic (exact) mass is 483 g/mol. The lowest BCUT2D eigenvalue weighted by Gasteiger charge is -2.33. The molecule has 146 valence electrons. The van der Waals surface area contributed by atoms with E-state index in [9.17, 15) is 26.4 Å². The van der Waals surface area contributed by atoms with E-state index in [0.717, 1.165) is 29.7 Å². The van der Waals surface area contributed by atoms with Gasteiger partial charge in [-0.15, -0.1) is 11.3 Å². The van der Waals surface area contributed by atoms with Crippen LogP contribution < -0.4 is 0 Å². The highest BCUT2D eigenvalue weighted by molar-refractivity contribution is 9.11. The maximum Gasteiger partial charge on any atom is 0.433 e. The van der Waals surface area contributed by atoms with Crippen molar-refractivity contribution in [3.8, 4) is 0 Å². The minimum Gasteiger partial charge on any atom is -0.336 e. The summed E-state index contributed by atoms with van der Waals surface area (Å²) in [6.07, 6.45) is -3.68. The molecule has 0 spiro atoms. The zero-order valence-electron chi connectivity index (χ0n) is 13.6. The Bertz CT molecular complexity index is 937. The van der Waals surface area contributed by atoms with Crippen molar-refractivity contribution in [3.05, 3.63) is 45.5 Å². The molecule has 1 aliphatic rings. The molecule has 12 heteroatoms. The standard InChI is InChI=1S/C15H13BrF3N3O3S2/c16-12-3-4-13(26-12)27(24,25)22-7-5-21(6-8-22)14(23)10-1-2-11(20-9-10)15(17,18)19/h1-4,9H,5-8H2. The lowest BCUT2D eigenvalue weighted by Crippen LogP contribution is -2.50. The number of nitrogens with zero attached hydrogens (tertiary/aromatic N) is 3. The van der Waals surface area contributed by atoms with Crippen LogP contribution >= 0.6 is 27.3 Å². The van der Waals surface area contributed by atoms with Crippen molar-refractivity contribution in [3.63, 3.8) is 0 Å². The summed E-state index contributed by atoms with van der Waals surface area (Å²) < 4.78 is 65.0. The van der Waals surface area contributed by atoms with Crippen molar-refractivity contribution in [2.24, 2.45) is 0 Å². The lowest BCUT2D eigenvalue weighted by atomic mass is 10.2. The van der Waals surface area contributed by atoms with Crippen LogP contribution in [0.3, 0.4) is 0 Å². The molecule has 0 N–H and O–H groups in total. The Morgan fingerprint density at radius 2 is 1.78 bits per heavy atom. The Morgan fingerprint density at radius 1 is 1.11 bits per heavy atom. The van der Waals surface area contributed by atoms with Gasteiger partial charge in [0.15, 0.2) is 0 Å². The molecule has 1 saturated heterocycles. The maximum atomic E-state index is 12.6. The largest absolute Gasteiger partial charge is 0.433 e. The third-order valence-electron chi connectivity index (χ3n) is 3.97. The number of hydrogen-bond acceptors (Lipinski definition) is 5. The second-order valence-corrected chi connectivity index (χ2v) is 10.3. The van der Waals surface area contributed by atoms with Gasteiger partial charge in [0.2, 0.25) is 0 Å². The smallest absolute Gasteiger partial charge is 0.336 e. The molecule has 0 aromatic carbocycles. The van der Waals surface area contributed by atoms with Gasteiger partial charge in [-0.25, -0.2) is 8.42 Å². The summed E-state index contributed by atoms with van der Waals surface area (Å²) in [6.45, 7) is 0.507. The van der Waals surface area contributed by atoms with Gasteiger partial charge in [0.1, 0.15) is 9.90 Å². The van der Waals surface area contributed by atoms with Crippen LogP contribution in [-0.4, -0.2) is 54.7 Å². The van der Waals surface area contributed by atoms with Crippen LogP contribution in [0.2, 0.25) is 0 Å². The molecular weight excluding hydrogens is 471 g/mol. The van der Waals surface area contributed by atoms with E-state index in [4.69, 9.17) is 0 Å². The Balaban J connectivity index is 1.66. The van der Waals surface area contributed by atoms with Gasteiger partial charge in [-0.3, -0.25) is 9.78 Å². The molecule has 0 atom stereocenters. The average molecular weight is 484 g/mol. The zero-order valence-corrected chi connectivity index (χ0v) is 16.8. The SMILES string of the molecule is O=C(c1ccc(C(F)(F)F)nc1)N1CCN(S(=O)(=O)c2ccc(Br)s2)CC1. The Labute approximate surface area is 165 Å². The van der Waals surface area contributed by atoms with Gasteiger partial charge in [-0.05, 0) is 40.2 Å². The molecule has 27 heavy (non-hydrogen) atoms. The van der Waals surface area contributed by atoms with E-state index in [1.165, 1.54) is 15.3 Å². The first kappa shape index (κ1) is 20.2. The fourth-order valence-corrected chi connectivity index (χ4v) is 6.15. The number of alkyl halides is 3. The number of carbonyl (C=O) groups excluding carboxylic acids is 1. The third-order valence-corrected chi connectivity index (χ3v) is 7.96. The van der Waals surface area contributed by atoms with Gasteiger partial charge in [-0.2, -0.15) is 17.5 Å². The van der Waals surface area contributed by atoms with Crippen molar-refractivity contribution in [1.82, 2.24) is 14.2 Å². The zero-order chi connectivity index (χ0) is 19.8. The maximum absolute atomic E-state index is 12.6. The fraction of sp³-hybridized carbons (Fsp3) is 0.333. The Hall–Kier alpha value is -1.50. The number of thiophene rings is 1. The van der Waals surface area contributed by atoms with E-state index in [1.807, 2.05) is 0 Å². The van der Waals surface area contributed by atoms with Crippen molar-refractivity contribution in [2.75, 3.05) is 26.2 Å². The normalized spacial score (nSPS) is 16.5. The fourth-order valence-electron chi connectivity index (χ4n) is 2.57. The van der Waals surface area contributed by atoms with E-state index >= 15 is 0 Å². The van der Waals surface area contributed by atoms with E-state index in [-0.39, 0.29) is 36.0 Å². The molecule has 1 fully saturated rings. The molecule has 0 bridgehead atoms. The van der Waals surface area contributed by atoms with Crippen molar-refractivity contribution >= 4 is 43.2 Å². The molecule has 1 amide bonds. The quantitative estimate of drug-likeness (QED) is 0.672. The van der Waals surface area contributed by atoms with E-state index < -0.39 is 27.8 Å². The van der Waals surface area contributed by atoms with Crippen molar-refractivity contribution in [2.45, 2.75) is 10.4 Å². The highest BCUT2D eigenvalue weighted by atomic mass is 79.9. The summed E-state index contributed by atoms with van der Waals surface area (Å²) in [6, 6.07) is 4.98. The molecule has 2 aromatic rings. The first-order chi connectivity index (χ1) is 12.6. The van der Waals surface area contributed by atoms with Crippen LogP contribution in [0.1, 0.15) is 16.1 Å². The average Bonchev–Trinajstić information content (AvgIpc) is 3.08.